The second-order valence-corrected chi connectivity index (χ2v) is 5.85. The number of carbonyl (C=O) groups is 2. The Labute approximate surface area is 149 Å². The second kappa shape index (κ2) is 7.60. The van der Waals surface area contributed by atoms with Gasteiger partial charge in [-0.25, -0.2) is 14.5 Å². The molecule has 0 radical (unpaired) electrons. The van der Waals surface area contributed by atoms with Gasteiger partial charge in [0.25, 0.3) is 0 Å². The van der Waals surface area contributed by atoms with Crippen molar-refractivity contribution in [1.82, 2.24) is 24.5 Å². The molecule has 0 saturated carbocycles. The van der Waals surface area contributed by atoms with Gasteiger partial charge in [0.2, 0.25) is 11.9 Å². The Hall–Kier alpha value is -3.49. The number of anilines is 1. The van der Waals surface area contributed by atoms with Crippen LogP contribution in [0, 0.1) is 6.92 Å². The van der Waals surface area contributed by atoms with E-state index < -0.39 is 5.97 Å². The van der Waals surface area contributed by atoms with E-state index in [0.29, 0.717) is 6.54 Å². The van der Waals surface area contributed by atoms with E-state index in [1.54, 1.807) is 11.0 Å². The highest BCUT2D eigenvalue weighted by atomic mass is 16.4. The topological polar surface area (TPSA) is 115 Å². The third kappa shape index (κ3) is 4.53. The van der Waals surface area contributed by atoms with Gasteiger partial charge < -0.3 is 5.11 Å². The minimum Gasteiger partial charge on any atom is -0.478 e. The van der Waals surface area contributed by atoms with Gasteiger partial charge in [0.15, 0.2) is 0 Å². The van der Waals surface area contributed by atoms with Crippen molar-refractivity contribution in [2.75, 3.05) is 5.32 Å². The van der Waals surface area contributed by atoms with Gasteiger partial charge in [-0.15, -0.1) is 5.10 Å². The van der Waals surface area contributed by atoms with Crippen molar-refractivity contribution < 1.29 is 14.7 Å². The molecule has 0 aliphatic heterocycles. The quantitative estimate of drug-likeness (QED) is 0.665. The molecule has 1 amide bonds. The average molecular weight is 354 g/mol. The summed E-state index contributed by atoms with van der Waals surface area (Å²) in [7, 11) is 0. The van der Waals surface area contributed by atoms with E-state index in [4.69, 9.17) is 5.11 Å². The first kappa shape index (κ1) is 17.3. The fraction of sp³-hybridized carbons (Fsp3) is 0.235. The molecular weight excluding hydrogens is 336 g/mol. The monoisotopic (exact) mass is 354 g/mol. The second-order valence-electron chi connectivity index (χ2n) is 5.85. The summed E-state index contributed by atoms with van der Waals surface area (Å²) in [6.45, 7) is 2.86. The van der Waals surface area contributed by atoms with Crippen LogP contribution >= 0.6 is 0 Å². The minimum absolute atomic E-state index is 0.0851. The Bertz CT molecular complexity index is 913. The van der Waals surface area contributed by atoms with Crippen LogP contribution in [0.2, 0.25) is 0 Å². The van der Waals surface area contributed by atoms with Crippen molar-refractivity contribution in [3.63, 3.8) is 0 Å². The molecule has 1 aromatic carbocycles. The van der Waals surface area contributed by atoms with Crippen LogP contribution < -0.4 is 5.32 Å². The smallest absolute Gasteiger partial charge is 0.338 e. The molecule has 0 atom stereocenters. The van der Waals surface area contributed by atoms with Crippen molar-refractivity contribution >= 4 is 17.8 Å². The molecular formula is C17H18N6O3. The van der Waals surface area contributed by atoms with Crippen LogP contribution in [0.25, 0.3) is 0 Å². The van der Waals surface area contributed by atoms with Crippen molar-refractivity contribution in [2.24, 2.45) is 0 Å². The van der Waals surface area contributed by atoms with E-state index in [-0.39, 0.29) is 30.4 Å². The first-order valence-corrected chi connectivity index (χ1v) is 8.00. The van der Waals surface area contributed by atoms with E-state index in [1.165, 1.54) is 22.6 Å². The summed E-state index contributed by atoms with van der Waals surface area (Å²) in [5.74, 6) is -1.09. The fourth-order valence-corrected chi connectivity index (χ4v) is 2.31. The van der Waals surface area contributed by atoms with E-state index in [1.807, 2.05) is 31.2 Å². The number of nitrogens with one attached hydrogen (secondary N) is 1. The lowest BCUT2D eigenvalue weighted by Gasteiger charge is -2.03. The van der Waals surface area contributed by atoms with Gasteiger partial charge in [0, 0.05) is 19.2 Å². The third-order valence-corrected chi connectivity index (χ3v) is 3.70. The lowest BCUT2D eigenvalue weighted by atomic mass is 10.1. The molecule has 0 spiro atoms. The molecule has 26 heavy (non-hydrogen) atoms. The SMILES string of the molecule is Cc1ccc(Cn2cnc(NC(=O)CCn3cc(C(=O)O)cn3)n2)cc1. The molecule has 0 aliphatic carbocycles. The number of benzene rings is 1. The number of hydrogen-bond donors (Lipinski definition) is 2. The Kier molecular flexibility index (Phi) is 5.07. The van der Waals surface area contributed by atoms with Gasteiger partial charge >= 0.3 is 5.97 Å². The number of carbonyl (C=O) groups excluding carboxylic acids is 1. The van der Waals surface area contributed by atoms with Gasteiger partial charge in [-0.1, -0.05) is 29.8 Å². The number of nitrogens with zero attached hydrogens (tertiary/aromatic N) is 5. The molecule has 0 aliphatic rings. The molecule has 9 nitrogen and oxygen atoms in total. The van der Waals surface area contributed by atoms with Crippen LogP contribution in [0.15, 0.2) is 43.0 Å². The summed E-state index contributed by atoms with van der Waals surface area (Å²) in [5.41, 5.74) is 2.36. The number of aryl methyl sites for hydroxylation is 2. The molecule has 3 aromatic rings. The van der Waals surface area contributed by atoms with Crippen LogP contribution in [-0.4, -0.2) is 41.5 Å². The zero-order valence-electron chi connectivity index (χ0n) is 14.2. The normalized spacial score (nSPS) is 10.7. The van der Waals surface area contributed by atoms with Gasteiger partial charge in [-0.3, -0.25) is 14.8 Å². The zero-order valence-corrected chi connectivity index (χ0v) is 14.2. The molecule has 0 fully saturated rings. The molecule has 134 valence electrons. The van der Waals surface area contributed by atoms with Crippen LogP contribution in [0.4, 0.5) is 5.95 Å². The lowest BCUT2D eigenvalue weighted by Crippen LogP contribution is -2.16. The molecule has 3 rings (SSSR count). The third-order valence-electron chi connectivity index (χ3n) is 3.70. The molecule has 2 N–H and O–H groups in total. The summed E-state index contributed by atoms with van der Waals surface area (Å²) in [6.07, 6.45) is 4.31. The Morgan fingerprint density at radius 1 is 1.19 bits per heavy atom. The molecule has 0 bridgehead atoms. The van der Waals surface area contributed by atoms with Gasteiger partial charge in [0.05, 0.1) is 18.3 Å². The van der Waals surface area contributed by atoms with Crippen molar-refractivity contribution in [3.8, 4) is 0 Å². The number of rotatable bonds is 7. The maximum Gasteiger partial charge on any atom is 0.338 e. The summed E-state index contributed by atoms with van der Waals surface area (Å²) in [5, 5.41) is 19.6. The highest BCUT2D eigenvalue weighted by Crippen LogP contribution is 2.06. The first-order chi connectivity index (χ1) is 12.5. The molecule has 2 aromatic heterocycles. The zero-order chi connectivity index (χ0) is 18.5. The maximum atomic E-state index is 12.0. The van der Waals surface area contributed by atoms with E-state index in [2.05, 4.69) is 20.5 Å². The number of amides is 1. The number of aromatic carboxylic acids is 1. The molecule has 9 heteroatoms. The van der Waals surface area contributed by atoms with Gasteiger partial charge in [-0.2, -0.15) is 5.10 Å². The predicted octanol–water partition coefficient (Wildman–Crippen LogP) is 1.56. The van der Waals surface area contributed by atoms with E-state index >= 15 is 0 Å². The Balaban J connectivity index is 1.50. The molecule has 0 saturated heterocycles. The van der Waals surface area contributed by atoms with Crippen LogP contribution in [-0.2, 0) is 17.9 Å². The van der Waals surface area contributed by atoms with Crippen LogP contribution in [0.3, 0.4) is 0 Å². The summed E-state index contributed by atoms with van der Waals surface area (Å²) < 4.78 is 3.05. The fourth-order valence-electron chi connectivity index (χ4n) is 2.31. The summed E-state index contributed by atoms with van der Waals surface area (Å²) >= 11 is 0. The van der Waals surface area contributed by atoms with Crippen molar-refractivity contribution in [3.05, 3.63) is 59.7 Å². The largest absolute Gasteiger partial charge is 0.478 e. The molecule has 2 heterocycles. The maximum absolute atomic E-state index is 12.0. The number of carboxylic acids is 1. The van der Waals surface area contributed by atoms with E-state index in [0.717, 1.165) is 5.56 Å². The lowest BCUT2D eigenvalue weighted by molar-refractivity contribution is -0.116. The molecule has 0 unspecified atom stereocenters. The highest BCUT2D eigenvalue weighted by Gasteiger charge is 2.09. The van der Waals surface area contributed by atoms with Gasteiger partial charge in [0.1, 0.15) is 6.33 Å². The summed E-state index contributed by atoms with van der Waals surface area (Å²) in [4.78, 5) is 26.8. The van der Waals surface area contributed by atoms with Crippen LogP contribution in [0.1, 0.15) is 27.9 Å². The Morgan fingerprint density at radius 3 is 2.65 bits per heavy atom. The average Bonchev–Trinajstić information content (AvgIpc) is 3.25. The minimum atomic E-state index is -1.05. The van der Waals surface area contributed by atoms with Gasteiger partial charge in [-0.05, 0) is 12.5 Å². The standard InChI is InChI=1S/C17H18N6O3/c1-12-2-4-13(5-3-12)9-23-11-18-17(21-23)20-15(24)6-7-22-10-14(8-19-22)16(25)26/h2-5,8,10-11H,6-7,9H2,1H3,(H,25,26)(H,20,21,24). The Morgan fingerprint density at radius 2 is 1.96 bits per heavy atom. The van der Waals surface area contributed by atoms with Crippen molar-refractivity contribution in [1.29, 1.82) is 0 Å². The van der Waals surface area contributed by atoms with E-state index in [9.17, 15) is 9.59 Å². The highest BCUT2D eigenvalue weighted by molar-refractivity contribution is 5.89. The number of carboxylic acid groups (broad SMARTS) is 1. The number of aromatic nitrogens is 5. The van der Waals surface area contributed by atoms with Crippen molar-refractivity contribution in [2.45, 2.75) is 26.4 Å². The first-order valence-electron chi connectivity index (χ1n) is 8.00. The summed E-state index contributed by atoms with van der Waals surface area (Å²) in [6, 6.07) is 8.09. The predicted molar refractivity (Wildman–Crippen MR) is 92.7 cm³/mol. The number of hydrogen-bond acceptors (Lipinski definition) is 5. The van der Waals surface area contributed by atoms with Crippen LogP contribution in [0.5, 0.6) is 0 Å².